The average Bonchev–Trinajstić information content (AvgIpc) is 2.65. The van der Waals surface area contributed by atoms with Crippen molar-refractivity contribution in [3.8, 4) is 5.75 Å². The van der Waals surface area contributed by atoms with Crippen molar-refractivity contribution in [3.63, 3.8) is 0 Å². The zero-order valence-electron chi connectivity index (χ0n) is 13.8. The van der Waals surface area contributed by atoms with Crippen LogP contribution < -0.4 is 10.5 Å². The number of benzene rings is 1. The number of carbonyl (C=O) groups excluding carboxylic acids is 3. The fraction of sp³-hybridized carbons (Fsp3) is 0.389. The summed E-state index contributed by atoms with van der Waals surface area (Å²) in [6.45, 7) is 0.574. The van der Waals surface area contributed by atoms with Crippen LogP contribution in [0, 0.1) is 5.92 Å². The van der Waals surface area contributed by atoms with E-state index in [1.165, 1.54) is 4.90 Å². The first-order valence-corrected chi connectivity index (χ1v) is 8.21. The first kappa shape index (κ1) is 17.0. The maximum absolute atomic E-state index is 12.2. The van der Waals surface area contributed by atoms with E-state index in [0.29, 0.717) is 30.7 Å². The molecule has 2 heterocycles. The van der Waals surface area contributed by atoms with Crippen molar-refractivity contribution in [2.24, 2.45) is 11.7 Å². The van der Waals surface area contributed by atoms with Crippen LogP contribution in [0.2, 0.25) is 0 Å². The molecule has 0 saturated carbocycles. The minimum absolute atomic E-state index is 0.109. The van der Waals surface area contributed by atoms with E-state index >= 15 is 0 Å². The number of primary amides is 1. The van der Waals surface area contributed by atoms with Gasteiger partial charge in [0.15, 0.2) is 6.61 Å². The normalized spacial score (nSPS) is 19.3. The van der Waals surface area contributed by atoms with Gasteiger partial charge in [-0.25, -0.2) is 4.79 Å². The Morgan fingerprint density at radius 1 is 1.28 bits per heavy atom. The molecular formula is C18H20N2O5. The van der Waals surface area contributed by atoms with E-state index in [-0.39, 0.29) is 31.6 Å². The van der Waals surface area contributed by atoms with Crippen LogP contribution in [0.25, 0.3) is 6.08 Å². The highest BCUT2D eigenvalue weighted by Crippen LogP contribution is 2.26. The summed E-state index contributed by atoms with van der Waals surface area (Å²) in [4.78, 5) is 37.1. The maximum atomic E-state index is 12.2. The molecular weight excluding hydrogens is 324 g/mol. The Bertz CT molecular complexity index is 728. The van der Waals surface area contributed by atoms with Gasteiger partial charge in [-0.15, -0.1) is 0 Å². The SMILES string of the molecule is NC(=O)[C@@H]1CCCN(C(=O)COC(=O)C2=Cc3ccccc3OC2)C1. The van der Waals surface area contributed by atoms with Crippen molar-refractivity contribution in [2.45, 2.75) is 12.8 Å². The van der Waals surface area contributed by atoms with Gasteiger partial charge in [-0.2, -0.15) is 0 Å². The van der Waals surface area contributed by atoms with E-state index in [2.05, 4.69) is 0 Å². The molecule has 25 heavy (non-hydrogen) atoms. The Morgan fingerprint density at radius 2 is 2.08 bits per heavy atom. The van der Waals surface area contributed by atoms with Gasteiger partial charge in [-0.3, -0.25) is 9.59 Å². The molecule has 132 valence electrons. The second kappa shape index (κ2) is 7.38. The van der Waals surface area contributed by atoms with Gasteiger partial charge in [-0.1, -0.05) is 18.2 Å². The molecule has 2 aliphatic rings. The topological polar surface area (TPSA) is 98.9 Å². The Labute approximate surface area is 145 Å². The molecule has 0 aliphatic carbocycles. The van der Waals surface area contributed by atoms with E-state index in [0.717, 1.165) is 5.56 Å². The summed E-state index contributed by atoms with van der Waals surface area (Å²) < 4.78 is 10.6. The number of esters is 1. The first-order valence-electron chi connectivity index (χ1n) is 8.21. The third kappa shape index (κ3) is 3.99. The third-order valence-corrected chi connectivity index (χ3v) is 4.40. The number of fused-ring (bicyclic) bond motifs is 1. The standard InChI is InChI=1S/C18H20N2O5/c19-17(22)13-5-3-7-20(9-13)16(21)11-25-18(23)14-8-12-4-1-2-6-15(12)24-10-14/h1-2,4,6,8,13H,3,5,7,9-11H2,(H2,19,22)/t13-/m1/s1. The number of carbonyl (C=O) groups is 3. The van der Waals surface area contributed by atoms with Crippen molar-refractivity contribution in [1.82, 2.24) is 4.90 Å². The van der Waals surface area contributed by atoms with Crippen LogP contribution in [0.1, 0.15) is 18.4 Å². The summed E-state index contributed by atoms with van der Waals surface area (Å²) >= 11 is 0. The summed E-state index contributed by atoms with van der Waals surface area (Å²) in [5, 5.41) is 0. The Hall–Kier alpha value is -2.83. The largest absolute Gasteiger partial charge is 0.488 e. The number of hydrogen-bond acceptors (Lipinski definition) is 5. The zero-order valence-corrected chi connectivity index (χ0v) is 13.8. The second-order valence-electron chi connectivity index (χ2n) is 6.15. The predicted molar refractivity (Wildman–Crippen MR) is 89.4 cm³/mol. The highest BCUT2D eigenvalue weighted by Gasteiger charge is 2.28. The van der Waals surface area contributed by atoms with Gasteiger partial charge >= 0.3 is 5.97 Å². The number of amides is 2. The molecule has 1 aromatic rings. The van der Waals surface area contributed by atoms with Crippen molar-refractivity contribution in [1.29, 1.82) is 0 Å². The quantitative estimate of drug-likeness (QED) is 0.812. The van der Waals surface area contributed by atoms with Crippen LogP contribution >= 0.6 is 0 Å². The molecule has 0 spiro atoms. The molecule has 7 heteroatoms. The van der Waals surface area contributed by atoms with Gasteiger partial charge < -0.3 is 20.1 Å². The molecule has 0 radical (unpaired) electrons. The van der Waals surface area contributed by atoms with Crippen molar-refractivity contribution >= 4 is 23.9 Å². The number of para-hydroxylation sites is 1. The van der Waals surface area contributed by atoms with E-state index in [9.17, 15) is 14.4 Å². The van der Waals surface area contributed by atoms with Crippen LogP contribution in [0.5, 0.6) is 5.75 Å². The lowest BCUT2D eigenvalue weighted by atomic mass is 9.97. The molecule has 0 aromatic heterocycles. The van der Waals surface area contributed by atoms with E-state index < -0.39 is 11.9 Å². The summed E-state index contributed by atoms with van der Waals surface area (Å²) in [5.74, 6) is -0.929. The van der Waals surface area contributed by atoms with Crippen molar-refractivity contribution in [3.05, 3.63) is 35.4 Å². The fourth-order valence-electron chi connectivity index (χ4n) is 2.98. The molecule has 2 amide bonds. The minimum atomic E-state index is -0.577. The molecule has 1 aromatic carbocycles. The highest BCUT2D eigenvalue weighted by molar-refractivity contribution is 5.96. The van der Waals surface area contributed by atoms with Gasteiger partial charge in [0, 0.05) is 18.7 Å². The Kier molecular flexibility index (Phi) is 5.02. The monoisotopic (exact) mass is 344 g/mol. The van der Waals surface area contributed by atoms with Crippen LogP contribution in [0.4, 0.5) is 0 Å². The second-order valence-corrected chi connectivity index (χ2v) is 6.15. The van der Waals surface area contributed by atoms with Crippen molar-refractivity contribution < 1.29 is 23.9 Å². The van der Waals surface area contributed by atoms with Gasteiger partial charge in [0.05, 0.1) is 11.5 Å². The number of hydrogen-bond donors (Lipinski definition) is 1. The van der Waals surface area contributed by atoms with Gasteiger partial charge in [-0.05, 0) is 25.0 Å². The highest BCUT2D eigenvalue weighted by atomic mass is 16.5. The lowest BCUT2D eigenvalue weighted by molar-refractivity contribution is -0.150. The fourth-order valence-corrected chi connectivity index (χ4v) is 2.98. The number of piperidine rings is 1. The van der Waals surface area contributed by atoms with Gasteiger partial charge in [0.1, 0.15) is 12.4 Å². The van der Waals surface area contributed by atoms with E-state index in [4.69, 9.17) is 15.2 Å². The first-order chi connectivity index (χ1) is 12.0. The van der Waals surface area contributed by atoms with Crippen LogP contribution in [0.3, 0.4) is 0 Å². The number of rotatable bonds is 4. The molecule has 2 N–H and O–H groups in total. The smallest absolute Gasteiger partial charge is 0.338 e. The molecule has 7 nitrogen and oxygen atoms in total. The summed E-state index contributed by atoms with van der Waals surface area (Å²) in [6.07, 6.45) is 3.10. The molecule has 2 aliphatic heterocycles. The van der Waals surface area contributed by atoms with Crippen LogP contribution in [-0.2, 0) is 19.1 Å². The number of likely N-dealkylation sites (tertiary alicyclic amines) is 1. The summed E-state index contributed by atoms with van der Waals surface area (Å²) in [6, 6.07) is 7.36. The van der Waals surface area contributed by atoms with Gasteiger partial charge in [0.2, 0.25) is 5.91 Å². The molecule has 3 rings (SSSR count). The number of nitrogens with zero attached hydrogens (tertiary/aromatic N) is 1. The average molecular weight is 344 g/mol. The lowest BCUT2D eigenvalue weighted by Crippen LogP contribution is -2.45. The molecule has 1 fully saturated rings. The third-order valence-electron chi connectivity index (χ3n) is 4.40. The van der Waals surface area contributed by atoms with Crippen LogP contribution in [0.15, 0.2) is 29.8 Å². The van der Waals surface area contributed by atoms with Crippen LogP contribution in [-0.4, -0.2) is 49.0 Å². The molecule has 1 atom stereocenters. The van der Waals surface area contributed by atoms with E-state index in [1.807, 2.05) is 24.3 Å². The Balaban J connectivity index is 1.55. The van der Waals surface area contributed by atoms with Gasteiger partial charge in [0.25, 0.3) is 5.91 Å². The minimum Gasteiger partial charge on any atom is -0.488 e. The number of ether oxygens (including phenoxy) is 2. The molecule has 0 bridgehead atoms. The zero-order chi connectivity index (χ0) is 17.8. The Morgan fingerprint density at radius 3 is 2.88 bits per heavy atom. The predicted octanol–water partition coefficient (Wildman–Crippen LogP) is 0.729. The molecule has 0 unspecified atom stereocenters. The van der Waals surface area contributed by atoms with E-state index in [1.54, 1.807) is 6.08 Å². The summed E-state index contributed by atoms with van der Waals surface area (Å²) in [5.41, 5.74) is 6.46. The summed E-state index contributed by atoms with van der Waals surface area (Å²) in [7, 11) is 0. The number of nitrogens with two attached hydrogens (primary N) is 1. The lowest BCUT2D eigenvalue weighted by Gasteiger charge is -2.31. The van der Waals surface area contributed by atoms with Crippen molar-refractivity contribution in [2.75, 3.05) is 26.3 Å². The maximum Gasteiger partial charge on any atom is 0.338 e. The molecule has 1 saturated heterocycles.